The van der Waals surface area contributed by atoms with Crippen LogP contribution in [0.4, 0.5) is 13.2 Å². The lowest BCUT2D eigenvalue weighted by Gasteiger charge is -2.19. The lowest BCUT2D eigenvalue weighted by molar-refractivity contribution is -0.137. The molecule has 1 atom stereocenters. The van der Waals surface area contributed by atoms with E-state index in [1.165, 1.54) is 18.2 Å². The fraction of sp³-hybridized carbons (Fsp3) is 0.278. The van der Waals surface area contributed by atoms with Gasteiger partial charge in [-0.05, 0) is 31.0 Å². The number of rotatable bonds is 4. The highest BCUT2D eigenvalue weighted by molar-refractivity contribution is 5.96. The van der Waals surface area contributed by atoms with Gasteiger partial charge in [0.15, 0.2) is 0 Å². The first-order valence-corrected chi connectivity index (χ1v) is 7.36. The first-order chi connectivity index (χ1) is 10.8. The largest absolute Gasteiger partial charge is 0.417 e. The second kappa shape index (κ2) is 6.86. The Morgan fingerprint density at radius 2 is 1.70 bits per heavy atom. The molecule has 0 bridgehead atoms. The van der Waals surface area contributed by atoms with Crippen molar-refractivity contribution in [1.82, 2.24) is 5.32 Å². The van der Waals surface area contributed by atoms with Crippen molar-refractivity contribution in [3.8, 4) is 0 Å². The summed E-state index contributed by atoms with van der Waals surface area (Å²) < 4.78 is 39.0. The fourth-order valence-electron chi connectivity index (χ4n) is 2.38. The van der Waals surface area contributed by atoms with Gasteiger partial charge in [-0.2, -0.15) is 13.2 Å². The smallest absolute Gasteiger partial charge is 0.345 e. The zero-order valence-corrected chi connectivity index (χ0v) is 12.9. The molecule has 0 saturated heterocycles. The number of hydrogen-bond acceptors (Lipinski definition) is 1. The summed E-state index contributed by atoms with van der Waals surface area (Å²) in [7, 11) is 0. The predicted octanol–water partition coefficient (Wildman–Crippen LogP) is 4.89. The van der Waals surface area contributed by atoms with E-state index >= 15 is 0 Å². The Morgan fingerprint density at radius 1 is 1.09 bits per heavy atom. The van der Waals surface area contributed by atoms with Gasteiger partial charge in [0.05, 0.1) is 17.2 Å². The normalized spacial score (nSPS) is 12.7. The SMILES string of the molecule is CCC(NC(=O)c1ccccc1C(F)(F)F)c1ccc(C)cc1. The summed E-state index contributed by atoms with van der Waals surface area (Å²) >= 11 is 0. The van der Waals surface area contributed by atoms with Gasteiger partial charge in [-0.25, -0.2) is 0 Å². The maximum Gasteiger partial charge on any atom is 0.417 e. The van der Waals surface area contributed by atoms with E-state index in [0.717, 1.165) is 17.2 Å². The molecule has 0 heterocycles. The molecule has 1 N–H and O–H groups in total. The van der Waals surface area contributed by atoms with Gasteiger partial charge in [0, 0.05) is 0 Å². The van der Waals surface area contributed by atoms with Crippen LogP contribution in [0.25, 0.3) is 0 Å². The molecule has 0 spiro atoms. The van der Waals surface area contributed by atoms with Gasteiger partial charge in [-0.15, -0.1) is 0 Å². The van der Waals surface area contributed by atoms with Crippen molar-refractivity contribution in [2.45, 2.75) is 32.5 Å². The molecule has 0 saturated carbocycles. The van der Waals surface area contributed by atoms with Crippen LogP contribution >= 0.6 is 0 Å². The van der Waals surface area contributed by atoms with Gasteiger partial charge in [0.2, 0.25) is 0 Å². The monoisotopic (exact) mass is 321 g/mol. The third kappa shape index (κ3) is 4.12. The van der Waals surface area contributed by atoms with Crippen LogP contribution in [0.2, 0.25) is 0 Å². The Labute approximate surface area is 133 Å². The molecule has 122 valence electrons. The first-order valence-electron chi connectivity index (χ1n) is 7.36. The number of hydrogen-bond donors (Lipinski definition) is 1. The average molecular weight is 321 g/mol. The van der Waals surface area contributed by atoms with Crippen LogP contribution in [-0.2, 0) is 6.18 Å². The topological polar surface area (TPSA) is 29.1 Å². The van der Waals surface area contributed by atoms with Crippen LogP contribution in [0, 0.1) is 6.92 Å². The van der Waals surface area contributed by atoms with Crippen molar-refractivity contribution in [3.05, 3.63) is 70.8 Å². The molecule has 0 aliphatic carbocycles. The van der Waals surface area contributed by atoms with Crippen LogP contribution in [0.15, 0.2) is 48.5 Å². The molecule has 5 heteroatoms. The molecule has 2 nitrogen and oxygen atoms in total. The van der Waals surface area contributed by atoms with E-state index in [-0.39, 0.29) is 11.6 Å². The Hall–Kier alpha value is -2.30. The lowest BCUT2D eigenvalue weighted by atomic mass is 10.0. The molecule has 0 aliphatic heterocycles. The lowest BCUT2D eigenvalue weighted by Crippen LogP contribution is -2.30. The van der Waals surface area contributed by atoms with Crippen molar-refractivity contribution < 1.29 is 18.0 Å². The predicted molar refractivity (Wildman–Crippen MR) is 83.1 cm³/mol. The fourth-order valence-corrected chi connectivity index (χ4v) is 2.38. The van der Waals surface area contributed by atoms with Crippen LogP contribution < -0.4 is 5.32 Å². The maximum absolute atomic E-state index is 13.0. The Balaban J connectivity index is 2.26. The molecule has 0 radical (unpaired) electrons. The molecule has 0 aliphatic rings. The summed E-state index contributed by atoms with van der Waals surface area (Å²) in [5, 5.41) is 2.69. The Bertz CT molecular complexity index is 677. The van der Waals surface area contributed by atoms with Crippen molar-refractivity contribution in [1.29, 1.82) is 0 Å². The molecule has 2 rings (SSSR count). The molecule has 2 aromatic carbocycles. The first kappa shape index (κ1) is 17.1. The molecule has 0 fully saturated rings. The minimum absolute atomic E-state index is 0.329. The standard InChI is InChI=1S/C18H18F3NO/c1-3-16(13-10-8-12(2)9-11-13)22-17(23)14-6-4-5-7-15(14)18(19,20)21/h4-11,16H,3H2,1-2H3,(H,22,23). The highest BCUT2D eigenvalue weighted by Gasteiger charge is 2.35. The van der Waals surface area contributed by atoms with E-state index in [4.69, 9.17) is 0 Å². The summed E-state index contributed by atoms with van der Waals surface area (Å²) in [6.07, 6.45) is -3.97. The summed E-state index contributed by atoms with van der Waals surface area (Å²) in [4.78, 5) is 12.3. The molecular formula is C18H18F3NO. The molecule has 2 aromatic rings. The number of alkyl halides is 3. The minimum Gasteiger partial charge on any atom is -0.345 e. The summed E-state index contributed by atoms with van der Waals surface area (Å²) in [5.41, 5.74) is 0.676. The second-order valence-corrected chi connectivity index (χ2v) is 5.39. The van der Waals surface area contributed by atoms with E-state index in [9.17, 15) is 18.0 Å². The number of amides is 1. The highest BCUT2D eigenvalue weighted by atomic mass is 19.4. The molecule has 0 aromatic heterocycles. The van der Waals surface area contributed by atoms with Gasteiger partial charge in [-0.3, -0.25) is 4.79 Å². The van der Waals surface area contributed by atoms with E-state index in [2.05, 4.69) is 5.32 Å². The highest BCUT2D eigenvalue weighted by Crippen LogP contribution is 2.32. The zero-order valence-electron chi connectivity index (χ0n) is 12.9. The molecule has 1 unspecified atom stereocenters. The maximum atomic E-state index is 13.0. The number of aryl methyl sites for hydroxylation is 1. The van der Waals surface area contributed by atoms with E-state index in [1.807, 2.05) is 38.1 Å². The number of carbonyl (C=O) groups is 1. The van der Waals surface area contributed by atoms with E-state index in [0.29, 0.717) is 6.42 Å². The van der Waals surface area contributed by atoms with Crippen LogP contribution in [0.3, 0.4) is 0 Å². The molecular weight excluding hydrogens is 303 g/mol. The van der Waals surface area contributed by atoms with Crippen LogP contribution in [0.1, 0.15) is 46.4 Å². The van der Waals surface area contributed by atoms with Crippen molar-refractivity contribution in [2.24, 2.45) is 0 Å². The quantitative estimate of drug-likeness (QED) is 0.853. The zero-order chi connectivity index (χ0) is 17.0. The van der Waals surface area contributed by atoms with Crippen molar-refractivity contribution >= 4 is 5.91 Å². The number of nitrogens with one attached hydrogen (secondary N) is 1. The van der Waals surface area contributed by atoms with E-state index in [1.54, 1.807) is 0 Å². The molecule has 23 heavy (non-hydrogen) atoms. The average Bonchev–Trinajstić information content (AvgIpc) is 2.52. The van der Waals surface area contributed by atoms with Crippen molar-refractivity contribution in [2.75, 3.05) is 0 Å². The van der Waals surface area contributed by atoms with Gasteiger partial charge < -0.3 is 5.32 Å². The second-order valence-electron chi connectivity index (χ2n) is 5.39. The third-order valence-electron chi connectivity index (χ3n) is 3.67. The van der Waals surface area contributed by atoms with Crippen molar-refractivity contribution in [3.63, 3.8) is 0 Å². The summed E-state index contributed by atoms with van der Waals surface area (Å²) in [5.74, 6) is -0.717. The van der Waals surface area contributed by atoms with Crippen LogP contribution in [0.5, 0.6) is 0 Å². The summed E-state index contributed by atoms with van der Waals surface area (Å²) in [6.45, 7) is 3.82. The van der Waals surface area contributed by atoms with Gasteiger partial charge in [0.25, 0.3) is 5.91 Å². The van der Waals surface area contributed by atoms with Gasteiger partial charge in [0.1, 0.15) is 0 Å². The van der Waals surface area contributed by atoms with Gasteiger partial charge >= 0.3 is 6.18 Å². The van der Waals surface area contributed by atoms with E-state index < -0.39 is 17.6 Å². The Morgan fingerprint density at radius 3 is 2.26 bits per heavy atom. The summed E-state index contributed by atoms with van der Waals surface area (Å²) in [6, 6.07) is 12.1. The third-order valence-corrected chi connectivity index (χ3v) is 3.67. The number of benzene rings is 2. The Kier molecular flexibility index (Phi) is 5.08. The number of halogens is 3. The molecule has 1 amide bonds. The van der Waals surface area contributed by atoms with Crippen LogP contribution in [-0.4, -0.2) is 5.91 Å². The van der Waals surface area contributed by atoms with Gasteiger partial charge in [-0.1, -0.05) is 48.9 Å². The minimum atomic E-state index is -4.56. The number of carbonyl (C=O) groups excluding carboxylic acids is 1.